The summed E-state index contributed by atoms with van der Waals surface area (Å²) in [7, 11) is -4.21. The maximum atomic E-state index is 11.2. The third-order valence-corrected chi connectivity index (χ3v) is 2.18. The number of nitrogens with one attached hydrogen (secondary N) is 1. The first kappa shape index (κ1) is 12.9. The molecule has 0 unspecified atom stereocenters. The Labute approximate surface area is 89.7 Å². The fourth-order valence-electron chi connectivity index (χ4n) is 1.00. The summed E-state index contributed by atoms with van der Waals surface area (Å²) in [6, 6.07) is 1.17. The van der Waals surface area contributed by atoms with Crippen LogP contribution >= 0.6 is 7.60 Å². The third kappa shape index (κ3) is 4.11. The van der Waals surface area contributed by atoms with Gasteiger partial charge in [-0.05, 0) is 0 Å². The van der Waals surface area contributed by atoms with Gasteiger partial charge in [-0.25, -0.2) is 4.79 Å². The molecule has 90 valence electrons. The Hall–Kier alpha value is -1.21. The average molecular weight is 250 g/mol. The SMILES string of the molecule is O=c1cc[nH]c(=O)n1CCOCP(=O)(O)O. The number of hydrogen-bond acceptors (Lipinski definition) is 4. The number of ether oxygens (including phenoxy) is 1. The Balaban J connectivity index is 2.53. The summed E-state index contributed by atoms with van der Waals surface area (Å²) in [5, 5.41) is 0. The Morgan fingerprint density at radius 2 is 2.12 bits per heavy atom. The Kier molecular flexibility index (Phi) is 4.19. The van der Waals surface area contributed by atoms with Gasteiger partial charge in [0.1, 0.15) is 6.35 Å². The summed E-state index contributed by atoms with van der Waals surface area (Å²) >= 11 is 0. The molecule has 9 heteroatoms. The van der Waals surface area contributed by atoms with Crippen molar-refractivity contribution in [3.05, 3.63) is 33.1 Å². The van der Waals surface area contributed by atoms with Crippen LogP contribution in [0.2, 0.25) is 0 Å². The molecule has 0 saturated heterocycles. The van der Waals surface area contributed by atoms with E-state index in [-0.39, 0.29) is 13.2 Å². The lowest BCUT2D eigenvalue weighted by Gasteiger charge is -2.06. The van der Waals surface area contributed by atoms with E-state index in [9.17, 15) is 14.2 Å². The van der Waals surface area contributed by atoms with Gasteiger partial charge in [-0.1, -0.05) is 0 Å². The van der Waals surface area contributed by atoms with Crippen LogP contribution < -0.4 is 11.2 Å². The second kappa shape index (κ2) is 5.22. The van der Waals surface area contributed by atoms with Crippen LogP contribution in [0.3, 0.4) is 0 Å². The maximum absolute atomic E-state index is 11.2. The van der Waals surface area contributed by atoms with E-state index in [4.69, 9.17) is 9.79 Å². The van der Waals surface area contributed by atoms with E-state index in [1.807, 2.05) is 0 Å². The molecule has 0 atom stereocenters. The molecule has 0 bridgehead atoms. The molecule has 16 heavy (non-hydrogen) atoms. The van der Waals surface area contributed by atoms with Gasteiger partial charge >= 0.3 is 13.3 Å². The highest BCUT2D eigenvalue weighted by Gasteiger charge is 2.12. The lowest BCUT2D eigenvalue weighted by molar-refractivity contribution is 0.147. The van der Waals surface area contributed by atoms with Crippen LogP contribution in [-0.2, 0) is 15.8 Å². The van der Waals surface area contributed by atoms with Crippen LogP contribution in [0.1, 0.15) is 0 Å². The van der Waals surface area contributed by atoms with Gasteiger partial charge in [0.2, 0.25) is 0 Å². The minimum Gasteiger partial charge on any atom is -0.367 e. The van der Waals surface area contributed by atoms with E-state index < -0.39 is 25.2 Å². The quantitative estimate of drug-likeness (QED) is 0.440. The van der Waals surface area contributed by atoms with Gasteiger partial charge < -0.3 is 19.5 Å². The fourth-order valence-corrected chi connectivity index (χ4v) is 1.37. The van der Waals surface area contributed by atoms with Crippen molar-refractivity contribution in [2.75, 3.05) is 13.0 Å². The number of hydrogen-bond donors (Lipinski definition) is 3. The van der Waals surface area contributed by atoms with Gasteiger partial charge in [-0.2, -0.15) is 0 Å². The fraction of sp³-hybridized carbons (Fsp3) is 0.429. The summed E-state index contributed by atoms with van der Waals surface area (Å²) < 4.78 is 15.9. The Morgan fingerprint density at radius 3 is 2.69 bits per heavy atom. The van der Waals surface area contributed by atoms with E-state index in [1.54, 1.807) is 0 Å². The zero-order valence-electron chi connectivity index (χ0n) is 8.20. The minimum absolute atomic E-state index is 0.0605. The molecule has 8 nitrogen and oxygen atoms in total. The number of rotatable bonds is 5. The van der Waals surface area contributed by atoms with Crippen LogP contribution in [-0.4, -0.2) is 32.3 Å². The van der Waals surface area contributed by atoms with Gasteiger partial charge in [0.05, 0.1) is 13.2 Å². The summed E-state index contributed by atoms with van der Waals surface area (Å²) in [6.07, 6.45) is 0.490. The van der Waals surface area contributed by atoms with Crippen LogP contribution in [0, 0.1) is 0 Å². The molecule has 1 heterocycles. The highest BCUT2D eigenvalue weighted by atomic mass is 31.2. The second-order valence-corrected chi connectivity index (χ2v) is 4.56. The summed E-state index contributed by atoms with van der Waals surface area (Å²) in [5.41, 5.74) is -1.09. The first-order chi connectivity index (χ1) is 7.40. The molecule has 0 aromatic carbocycles. The topological polar surface area (TPSA) is 122 Å². The molecule has 3 N–H and O–H groups in total. The van der Waals surface area contributed by atoms with Gasteiger partial charge in [0.25, 0.3) is 5.56 Å². The number of aromatic nitrogens is 2. The van der Waals surface area contributed by atoms with E-state index in [0.29, 0.717) is 0 Å². The Morgan fingerprint density at radius 1 is 1.44 bits per heavy atom. The van der Waals surface area contributed by atoms with Crippen molar-refractivity contribution in [2.45, 2.75) is 6.54 Å². The summed E-state index contributed by atoms with van der Waals surface area (Å²) in [5.74, 6) is 0. The molecule has 0 saturated carbocycles. The van der Waals surface area contributed by atoms with Crippen molar-refractivity contribution >= 4 is 7.60 Å². The molecule has 0 amide bonds. The van der Waals surface area contributed by atoms with Crippen LogP contribution in [0.4, 0.5) is 0 Å². The molecule has 0 aliphatic heterocycles. The average Bonchev–Trinajstić information content (AvgIpc) is 2.14. The lowest BCUT2D eigenvalue weighted by atomic mass is 10.6. The van der Waals surface area contributed by atoms with Crippen LogP contribution in [0.15, 0.2) is 21.9 Å². The molecular weight excluding hydrogens is 239 g/mol. The number of H-pyrrole nitrogens is 1. The predicted octanol–water partition coefficient (Wildman–Crippen LogP) is -1.31. The van der Waals surface area contributed by atoms with Crippen molar-refractivity contribution in [3.8, 4) is 0 Å². The van der Waals surface area contributed by atoms with Gasteiger partial charge in [0.15, 0.2) is 0 Å². The molecule has 0 radical (unpaired) electrons. The van der Waals surface area contributed by atoms with Crippen LogP contribution in [0.5, 0.6) is 0 Å². The van der Waals surface area contributed by atoms with Crippen LogP contribution in [0.25, 0.3) is 0 Å². The molecule has 0 spiro atoms. The van der Waals surface area contributed by atoms with Crippen molar-refractivity contribution in [3.63, 3.8) is 0 Å². The smallest absolute Gasteiger partial charge is 0.350 e. The highest BCUT2D eigenvalue weighted by Crippen LogP contribution is 2.33. The van der Waals surface area contributed by atoms with Crippen molar-refractivity contribution in [2.24, 2.45) is 0 Å². The van der Waals surface area contributed by atoms with Gasteiger partial charge in [0, 0.05) is 12.3 Å². The monoisotopic (exact) mass is 250 g/mol. The Bertz CT molecular complexity index is 472. The normalized spacial score (nSPS) is 11.6. The molecule has 0 aliphatic carbocycles. The standard InChI is InChI=1S/C7H11N2O6P/c10-6-1-2-8-7(11)9(6)3-4-15-5-16(12,13)14/h1-2H,3-5H2,(H,8,11)(H2,12,13,14). The molecule has 1 aromatic heterocycles. The summed E-state index contributed by atoms with van der Waals surface area (Å²) in [6.45, 7) is -0.187. The van der Waals surface area contributed by atoms with E-state index in [0.717, 1.165) is 4.57 Å². The maximum Gasteiger partial charge on any atom is 0.350 e. The molecule has 1 rings (SSSR count). The molecular formula is C7H11N2O6P. The lowest BCUT2D eigenvalue weighted by Crippen LogP contribution is -2.35. The summed E-state index contributed by atoms with van der Waals surface area (Å²) in [4.78, 5) is 41.5. The first-order valence-electron chi connectivity index (χ1n) is 4.31. The van der Waals surface area contributed by atoms with E-state index in [2.05, 4.69) is 9.72 Å². The van der Waals surface area contributed by atoms with E-state index in [1.165, 1.54) is 12.3 Å². The van der Waals surface area contributed by atoms with Crippen molar-refractivity contribution in [1.82, 2.24) is 9.55 Å². The molecule has 0 fully saturated rings. The van der Waals surface area contributed by atoms with Crippen molar-refractivity contribution in [1.29, 1.82) is 0 Å². The minimum atomic E-state index is -4.21. The molecule has 1 aromatic rings. The highest BCUT2D eigenvalue weighted by molar-refractivity contribution is 7.51. The van der Waals surface area contributed by atoms with Gasteiger partial charge in [-0.15, -0.1) is 0 Å². The van der Waals surface area contributed by atoms with Gasteiger partial charge in [-0.3, -0.25) is 13.9 Å². The number of nitrogens with zero attached hydrogens (tertiary/aromatic N) is 1. The molecule has 0 aliphatic rings. The zero-order chi connectivity index (χ0) is 12.2. The first-order valence-corrected chi connectivity index (χ1v) is 6.11. The van der Waals surface area contributed by atoms with E-state index >= 15 is 0 Å². The largest absolute Gasteiger partial charge is 0.367 e. The predicted molar refractivity (Wildman–Crippen MR) is 54.2 cm³/mol. The number of aromatic amines is 1. The third-order valence-electron chi connectivity index (χ3n) is 1.66. The second-order valence-electron chi connectivity index (χ2n) is 2.97. The zero-order valence-corrected chi connectivity index (χ0v) is 9.09. The van der Waals surface area contributed by atoms with Crippen molar-refractivity contribution < 1.29 is 19.1 Å².